The smallest absolute Gasteiger partial charge is 0.333 e. The third kappa shape index (κ3) is 3.46. The molecule has 3 rings (SSSR count). The lowest BCUT2D eigenvalue weighted by Crippen LogP contribution is -2.60. The van der Waals surface area contributed by atoms with E-state index in [9.17, 15) is 8.42 Å². The van der Waals surface area contributed by atoms with E-state index in [4.69, 9.17) is 33.0 Å². The number of fused-ring (bicyclic) bond motifs is 3. The second-order valence-electron chi connectivity index (χ2n) is 8.35. The Morgan fingerprint density at radius 2 is 1.80 bits per heavy atom. The van der Waals surface area contributed by atoms with Crippen LogP contribution in [0.2, 0.25) is 0 Å². The quantitative estimate of drug-likeness (QED) is 0.757. The second kappa shape index (κ2) is 5.59. The van der Waals surface area contributed by atoms with Gasteiger partial charge in [0.2, 0.25) is 5.79 Å². The van der Waals surface area contributed by atoms with Crippen molar-refractivity contribution in [3.8, 4) is 0 Å². The van der Waals surface area contributed by atoms with Crippen LogP contribution in [0.1, 0.15) is 41.5 Å². The predicted octanol–water partition coefficient (Wildman–Crippen LogP) is 0.631. The van der Waals surface area contributed by atoms with Gasteiger partial charge in [0.25, 0.3) is 0 Å². The minimum Gasteiger partial charge on any atom is -0.343 e. The van der Waals surface area contributed by atoms with Gasteiger partial charge in [-0.2, -0.15) is 8.42 Å². The van der Waals surface area contributed by atoms with Gasteiger partial charge in [-0.15, -0.1) is 0 Å². The molecule has 5 atom stereocenters. The maximum absolute atomic E-state index is 11.2. The van der Waals surface area contributed by atoms with Crippen molar-refractivity contribution in [1.82, 2.24) is 0 Å². The molecule has 3 heterocycles. The molecule has 0 aliphatic carbocycles. The number of rotatable bonds is 3. The Bertz CT molecular complexity index is 644. The van der Waals surface area contributed by atoms with Crippen LogP contribution in [0.5, 0.6) is 0 Å². The van der Waals surface area contributed by atoms with Crippen LogP contribution in [-0.2, 0) is 38.2 Å². The van der Waals surface area contributed by atoms with Gasteiger partial charge in [0.15, 0.2) is 11.6 Å². The van der Waals surface area contributed by atoms with Crippen molar-refractivity contribution >= 4 is 10.3 Å². The molecule has 3 aliphatic rings. The lowest BCUT2D eigenvalue weighted by atomic mass is 9.86. The molecule has 10 heteroatoms. The first-order valence-electron chi connectivity index (χ1n) is 8.21. The first kappa shape index (κ1) is 19.4. The van der Waals surface area contributed by atoms with Gasteiger partial charge in [0.05, 0.1) is 6.61 Å². The molecule has 0 saturated carbocycles. The molecule has 146 valence electrons. The van der Waals surface area contributed by atoms with Gasteiger partial charge in [-0.1, -0.05) is 20.8 Å². The van der Waals surface area contributed by atoms with Gasteiger partial charge in [0, 0.05) is 5.41 Å². The molecule has 0 amide bonds. The Morgan fingerprint density at radius 1 is 1.16 bits per heavy atom. The Balaban J connectivity index is 1.89. The molecule has 3 saturated heterocycles. The van der Waals surface area contributed by atoms with Crippen LogP contribution >= 0.6 is 0 Å². The van der Waals surface area contributed by atoms with E-state index in [1.807, 2.05) is 27.7 Å². The van der Waals surface area contributed by atoms with E-state index >= 15 is 0 Å². The largest absolute Gasteiger partial charge is 0.343 e. The van der Waals surface area contributed by atoms with Crippen molar-refractivity contribution < 1.29 is 36.3 Å². The normalized spacial score (nSPS) is 43.7. The molecule has 0 bridgehead atoms. The topological polar surface area (TPSA) is 116 Å². The second-order valence-corrected chi connectivity index (χ2v) is 9.57. The van der Waals surface area contributed by atoms with E-state index < -0.39 is 46.5 Å². The van der Waals surface area contributed by atoms with E-state index in [2.05, 4.69) is 0 Å². The third-order valence-corrected chi connectivity index (χ3v) is 5.39. The molecule has 9 nitrogen and oxygen atoms in total. The van der Waals surface area contributed by atoms with Gasteiger partial charge in [-0.3, -0.25) is 4.18 Å². The Kier molecular flexibility index (Phi) is 4.34. The molecule has 25 heavy (non-hydrogen) atoms. The first-order valence-corrected chi connectivity index (χ1v) is 9.68. The van der Waals surface area contributed by atoms with Gasteiger partial charge >= 0.3 is 10.3 Å². The van der Waals surface area contributed by atoms with E-state index in [0.717, 1.165) is 0 Å². The number of nitrogens with two attached hydrogens (primary N) is 1. The standard InChI is InChI=1S/C15H27NO8S/c1-12(2,3)14(6)21-9-7-19-15(8-20-25(16,17)18)11(10(9)22-14)23-13(4,5)24-15/h9-11H,7-8H2,1-6H3,(H2,16,17,18)/t9-,10-,11+,14-,15+/m1/s1. The first-order chi connectivity index (χ1) is 11.2. The van der Waals surface area contributed by atoms with Crippen LogP contribution in [-0.4, -0.2) is 57.3 Å². The average molecular weight is 381 g/mol. The van der Waals surface area contributed by atoms with Crippen molar-refractivity contribution in [2.75, 3.05) is 13.2 Å². The van der Waals surface area contributed by atoms with Crippen LogP contribution in [0.15, 0.2) is 0 Å². The van der Waals surface area contributed by atoms with Crippen molar-refractivity contribution in [1.29, 1.82) is 0 Å². The molecule has 0 spiro atoms. The fourth-order valence-corrected chi connectivity index (χ4v) is 3.65. The molecule has 3 aliphatic heterocycles. The van der Waals surface area contributed by atoms with Gasteiger partial charge in [0.1, 0.15) is 24.9 Å². The highest BCUT2D eigenvalue weighted by atomic mass is 32.2. The maximum Gasteiger partial charge on any atom is 0.333 e. The van der Waals surface area contributed by atoms with Crippen LogP contribution in [0, 0.1) is 5.41 Å². The van der Waals surface area contributed by atoms with Crippen LogP contribution in [0.4, 0.5) is 0 Å². The average Bonchev–Trinajstić information content (AvgIpc) is 2.89. The molecule has 0 aromatic carbocycles. The lowest BCUT2D eigenvalue weighted by Gasteiger charge is -2.40. The molecule has 0 radical (unpaired) electrons. The number of ether oxygens (including phenoxy) is 5. The van der Waals surface area contributed by atoms with Gasteiger partial charge in [-0.05, 0) is 20.8 Å². The number of hydrogen-bond acceptors (Lipinski definition) is 8. The van der Waals surface area contributed by atoms with E-state index in [1.165, 1.54) is 0 Å². The van der Waals surface area contributed by atoms with E-state index in [-0.39, 0.29) is 18.1 Å². The molecule has 0 aromatic rings. The minimum atomic E-state index is -4.16. The zero-order chi connectivity index (χ0) is 18.9. The predicted molar refractivity (Wildman–Crippen MR) is 85.4 cm³/mol. The SMILES string of the molecule is CC1(C)O[C@H]2[C@@H]3O[C@](C)(C(C)(C)C)O[C@@H]3CO[C@@]2(COS(N)(=O)=O)O1. The lowest BCUT2D eigenvalue weighted by molar-refractivity contribution is -0.290. The van der Waals surface area contributed by atoms with Crippen LogP contribution in [0.25, 0.3) is 0 Å². The molecule has 3 fully saturated rings. The summed E-state index contributed by atoms with van der Waals surface area (Å²) < 4.78 is 57.3. The molecule has 2 N–H and O–H groups in total. The molecular formula is C15H27NO8S. The summed E-state index contributed by atoms with van der Waals surface area (Å²) in [6.45, 7) is 11.0. The third-order valence-electron chi connectivity index (χ3n) is 4.94. The molecule has 0 unspecified atom stereocenters. The van der Waals surface area contributed by atoms with Crippen molar-refractivity contribution in [2.45, 2.75) is 77.2 Å². The van der Waals surface area contributed by atoms with Crippen molar-refractivity contribution in [2.24, 2.45) is 10.6 Å². The van der Waals surface area contributed by atoms with Gasteiger partial charge in [-0.25, -0.2) is 5.14 Å². The zero-order valence-electron chi connectivity index (χ0n) is 15.4. The zero-order valence-corrected chi connectivity index (χ0v) is 16.2. The summed E-state index contributed by atoms with van der Waals surface area (Å²) in [5.41, 5.74) is -0.293. The fraction of sp³-hybridized carbons (Fsp3) is 1.00. The Hall–Kier alpha value is -0.330. The Labute approximate surface area is 148 Å². The summed E-state index contributed by atoms with van der Waals surface area (Å²) in [5.74, 6) is -3.30. The minimum absolute atomic E-state index is 0.153. The molecular weight excluding hydrogens is 354 g/mol. The maximum atomic E-state index is 11.2. The molecule has 0 aromatic heterocycles. The van der Waals surface area contributed by atoms with Crippen molar-refractivity contribution in [3.05, 3.63) is 0 Å². The number of hydrogen-bond donors (Lipinski definition) is 1. The summed E-state index contributed by atoms with van der Waals surface area (Å²) in [5, 5.41) is 4.95. The van der Waals surface area contributed by atoms with Crippen LogP contribution < -0.4 is 5.14 Å². The van der Waals surface area contributed by atoms with E-state index in [1.54, 1.807) is 13.8 Å². The van der Waals surface area contributed by atoms with Gasteiger partial charge < -0.3 is 23.7 Å². The summed E-state index contributed by atoms with van der Waals surface area (Å²) in [7, 11) is -4.16. The summed E-state index contributed by atoms with van der Waals surface area (Å²) in [6.07, 6.45) is -1.59. The fourth-order valence-electron chi connectivity index (χ4n) is 3.32. The monoisotopic (exact) mass is 381 g/mol. The summed E-state index contributed by atoms with van der Waals surface area (Å²) in [4.78, 5) is 0. The van der Waals surface area contributed by atoms with Crippen molar-refractivity contribution in [3.63, 3.8) is 0 Å². The van der Waals surface area contributed by atoms with Crippen LogP contribution in [0.3, 0.4) is 0 Å². The highest BCUT2D eigenvalue weighted by molar-refractivity contribution is 7.84. The summed E-state index contributed by atoms with van der Waals surface area (Å²) in [6, 6.07) is 0. The highest BCUT2D eigenvalue weighted by Crippen LogP contribution is 2.51. The highest BCUT2D eigenvalue weighted by Gasteiger charge is 2.67. The summed E-state index contributed by atoms with van der Waals surface area (Å²) >= 11 is 0. The Morgan fingerprint density at radius 3 is 2.36 bits per heavy atom. The van der Waals surface area contributed by atoms with E-state index in [0.29, 0.717) is 0 Å².